The molecular weight excluding hydrogens is 328 g/mol. The molecule has 0 aliphatic heterocycles. The summed E-state index contributed by atoms with van der Waals surface area (Å²) in [5.74, 6) is -1.81. The Morgan fingerprint density at radius 1 is 0.654 bits per heavy atom. The number of rotatable bonds is 8. The summed E-state index contributed by atoms with van der Waals surface area (Å²) in [6.07, 6.45) is 2.51. The van der Waals surface area contributed by atoms with E-state index in [1.54, 1.807) is 0 Å². The lowest BCUT2D eigenvalue weighted by Crippen LogP contribution is -2.00. The van der Waals surface area contributed by atoms with E-state index in [1.807, 2.05) is 60.7 Å². The zero-order chi connectivity index (χ0) is 19.4. The fraction of sp³-hybridized carbons (Fsp3) is 0.182. The Kier molecular flexibility index (Phi) is 9.18. The first-order chi connectivity index (χ1) is 12.4. The van der Waals surface area contributed by atoms with Crippen molar-refractivity contribution in [3.63, 3.8) is 0 Å². The van der Waals surface area contributed by atoms with Crippen LogP contribution in [0.4, 0.5) is 0 Å². The summed E-state index contributed by atoms with van der Waals surface area (Å²) in [6, 6.07) is 19.6. The Morgan fingerprint density at radius 2 is 0.962 bits per heavy atom. The van der Waals surface area contributed by atoms with Gasteiger partial charge in [-0.15, -0.1) is 0 Å². The summed E-state index contributed by atoms with van der Waals surface area (Å²) in [5.41, 5.74) is 2.82. The van der Waals surface area contributed by atoms with E-state index < -0.39 is 11.9 Å². The first kappa shape index (κ1) is 20.9. The van der Waals surface area contributed by atoms with Crippen molar-refractivity contribution in [2.45, 2.75) is 25.7 Å². The van der Waals surface area contributed by atoms with Crippen LogP contribution >= 0.6 is 0 Å². The number of carboxylic acids is 2. The van der Waals surface area contributed by atoms with Crippen LogP contribution in [0.5, 0.6) is 0 Å². The number of carboxylic acid groups (broad SMARTS) is 2. The molecule has 0 radical (unpaired) electrons. The fourth-order valence-electron chi connectivity index (χ4n) is 2.09. The normalized spacial score (nSPS) is 9.54. The van der Waals surface area contributed by atoms with Gasteiger partial charge in [0.1, 0.15) is 0 Å². The van der Waals surface area contributed by atoms with E-state index >= 15 is 0 Å². The maximum absolute atomic E-state index is 10.4. The van der Waals surface area contributed by atoms with Crippen LogP contribution in [-0.4, -0.2) is 22.2 Å². The lowest BCUT2D eigenvalue weighted by Gasteiger charge is -2.00. The third-order valence-electron chi connectivity index (χ3n) is 3.72. The highest BCUT2D eigenvalue weighted by Gasteiger charge is 2.03. The highest BCUT2D eigenvalue weighted by molar-refractivity contribution is 5.86. The number of benzene rings is 2. The van der Waals surface area contributed by atoms with Crippen molar-refractivity contribution in [2.75, 3.05) is 0 Å². The summed E-state index contributed by atoms with van der Waals surface area (Å²) in [5, 5.41) is 17.1. The highest BCUT2D eigenvalue weighted by Crippen LogP contribution is 2.08. The summed E-state index contributed by atoms with van der Waals surface area (Å²) < 4.78 is 0. The molecule has 26 heavy (non-hydrogen) atoms. The number of aryl methyl sites for hydroxylation is 2. The summed E-state index contributed by atoms with van der Waals surface area (Å²) in [4.78, 5) is 20.8. The molecule has 136 valence electrons. The average molecular weight is 352 g/mol. The molecule has 4 nitrogen and oxygen atoms in total. The molecule has 0 fully saturated rings. The summed E-state index contributed by atoms with van der Waals surface area (Å²) >= 11 is 0. The van der Waals surface area contributed by atoms with Crippen LogP contribution in [0.1, 0.15) is 24.0 Å². The van der Waals surface area contributed by atoms with Gasteiger partial charge >= 0.3 is 11.9 Å². The summed E-state index contributed by atoms with van der Waals surface area (Å²) in [7, 11) is 0. The van der Waals surface area contributed by atoms with Gasteiger partial charge in [-0.3, -0.25) is 0 Å². The molecular formula is C22H24O4. The van der Waals surface area contributed by atoms with Gasteiger partial charge in [-0.2, -0.15) is 0 Å². The van der Waals surface area contributed by atoms with Crippen molar-refractivity contribution in [3.05, 3.63) is 96.1 Å². The Hall–Kier alpha value is -3.14. The van der Waals surface area contributed by atoms with Gasteiger partial charge in [0.25, 0.3) is 0 Å². The minimum Gasteiger partial charge on any atom is -0.478 e. The molecule has 0 spiro atoms. The smallest absolute Gasteiger partial charge is 0.330 e. The molecule has 0 atom stereocenters. The molecule has 4 heteroatoms. The maximum atomic E-state index is 10.4. The minimum atomic E-state index is -0.907. The Morgan fingerprint density at radius 3 is 1.23 bits per heavy atom. The van der Waals surface area contributed by atoms with Crippen molar-refractivity contribution in [1.29, 1.82) is 0 Å². The van der Waals surface area contributed by atoms with Gasteiger partial charge in [0, 0.05) is 11.1 Å². The standard InChI is InChI=1S/2C11H12O2/c2*1-9(11(12)13)7-8-10-5-3-2-4-6-10/h2*2-6H,1,7-8H2,(H,12,13). The van der Waals surface area contributed by atoms with Crippen LogP contribution in [-0.2, 0) is 22.4 Å². The van der Waals surface area contributed by atoms with E-state index in [9.17, 15) is 9.59 Å². The summed E-state index contributed by atoms with van der Waals surface area (Å²) in [6.45, 7) is 6.94. The highest BCUT2D eigenvalue weighted by atomic mass is 16.4. The second kappa shape index (κ2) is 11.4. The first-order valence-corrected chi connectivity index (χ1v) is 8.30. The van der Waals surface area contributed by atoms with Crippen LogP contribution in [0.3, 0.4) is 0 Å². The predicted octanol–water partition coefficient (Wildman–Crippen LogP) is 4.52. The third-order valence-corrected chi connectivity index (χ3v) is 3.72. The van der Waals surface area contributed by atoms with Crippen molar-refractivity contribution in [3.8, 4) is 0 Å². The average Bonchev–Trinajstić information content (AvgIpc) is 2.66. The van der Waals surface area contributed by atoms with E-state index in [0.717, 1.165) is 24.0 Å². The maximum Gasteiger partial charge on any atom is 0.330 e. The molecule has 0 aliphatic carbocycles. The quantitative estimate of drug-likeness (QED) is 0.685. The lowest BCUT2D eigenvalue weighted by atomic mass is 10.1. The Bertz CT molecular complexity index is 668. The van der Waals surface area contributed by atoms with Crippen molar-refractivity contribution in [2.24, 2.45) is 0 Å². The SMILES string of the molecule is C=C(CCc1ccccc1)C(=O)O.C=C(CCc1ccccc1)C(=O)O. The number of carbonyl (C=O) groups is 2. The second-order valence-corrected chi connectivity index (χ2v) is 5.79. The van der Waals surface area contributed by atoms with E-state index in [0.29, 0.717) is 12.8 Å². The van der Waals surface area contributed by atoms with Gasteiger partial charge in [-0.1, -0.05) is 73.8 Å². The minimum absolute atomic E-state index is 0.267. The number of aliphatic carboxylic acids is 2. The van der Waals surface area contributed by atoms with E-state index in [-0.39, 0.29) is 11.1 Å². The molecule has 0 heterocycles. The number of hydrogen-bond acceptors (Lipinski definition) is 2. The topological polar surface area (TPSA) is 74.6 Å². The van der Waals surface area contributed by atoms with Gasteiger partial charge < -0.3 is 10.2 Å². The van der Waals surface area contributed by atoms with Crippen molar-refractivity contribution < 1.29 is 19.8 Å². The second-order valence-electron chi connectivity index (χ2n) is 5.79. The van der Waals surface area contributed by atoms with Crippen LogP contribution in [0.2, 0.25) is 0 Å². The molecule has 0 aliphatic rings. The molecule has 0 bridgehead atoms. The molecule has 0 saturated heterocycles. The first-order valence-electron chi connectivity index (χ1n) is 8.30. The fourth-order valence-corrected chi connectivity index (χ4v) is 2.09. The Balaban J connectivity index is 0.000000260. The lowest BCUT2D eigenvalue weighted by molar-refractivity contribution is -0.133. The van der Waals surface area contributed by atoms with Gasteiger partial charge in [-0.05, 0) is 36.8 Å². The molecule has 0 amide bonds. The van der Waals surface area contributed by atoms with Crippen molar-refractivity contribution in [1.82, 2.24) is 0 Å². The van der Waals surface area contributed by atoms with E-state index in [4.69, 9.17) is 10.2 Å². The van der Waals surface area contributed by atoms with Gasteiger partial charge in [0.15, 0.2) is 0 Å². The van der Waals surface area contributed by atoms with Crippen molar-refractivity contribution >= 4 is 11.9 Å². The van der Waals surface area contributed by atoms with Crippen LogP contribution < -0.4 is 0 Å². The molecule has 2 aromatic rings. The van der Waals surface area contributed by atoms with Gasteiger partial charge in [0.05, 0.1) is 0 Å². The molecule has 2 rings (SSSR count). The van der Waals surface area contributed by atoms with Crippen LogP contribution in [0.15, 0.2) is 85.0 Å². The molecule has 2 aromatic carbocycles. The van der Waals surface area contributed by atoms with E-state index in [2.05, 4.69) is 13.2 Å². The molecule has 2 N–H and O–H groups in total. The monoisotopic (exact) mass is 352 g/mol. The molecule has 0 saturated carbocycles. The third kappa shape index (κ3) is 8.64. The zero-order valence-corrected chi connectivity index (χ0v) is 14.7. The molecule has 0 unspecified atom stereocenters. The molecule has 0 aromatic heterocycles. The Labute approximate surface area is 154 Å². The zero-order valence-electron chi connectivity index (χ0n) is 14.7. The largest absolute Gasteiger partial charge is 0.478 e. The number of hydrogen-bond donors (Lipinski definition) is 2. The van der Waals surface area contributed by atoms with Crippen LogP contribution in [0, 0.1) is 0 Å². The van der Waals surface area contributed by atoms with Gasteiger partial charge in [-0.25, -0.2) is 9.59 Å². The van der Waals surface area contributed by atoms with Crippen LogP contribution in [0.25, 0.3) is 0 Å². The predicted molar refractivity (Wildman–Crippen MR) is 103 cm³/mol. The van der Waals surface area contributed by atoms with E-state index in [1.165, 1.54) is 0 Å². The van der Waals surface area contributed by atoms with Gasteiger partial charge in [0.2, 0.25) is 0 Å².